The summed E-state index contributed by atoms with van der Waals surface area (Å²) in [5, 5.41) is 7.31. The third kappa shape index (κ3) is 4.50. The van der Waals surface area contributed by atoms with Crippen LogP contribution in [0, 0.1) is 25.2 Å². The maximum atomic E-state index is 12.3. The molecule has 1 aliphatic carbocycles. The van der Waals surface area contributed by atoms with Gasteiger partial charge in [0.1, 0.15) is 5.82 Å². The summed E-state index contributed by atoms with van der Waals surface area (Å²) >= 11 is 0. The average Bonchev–Trinajstić information content (AvgIpc) is 3.76. The summed E-state index contributed by atoms with van der Waals surface area (Å²) in [5.74, 6) is 4.00. The van der Waals surface area contributed by atoms with Crippen molar-refractivity contribution in [3.8, 4) is 23.6 Å². The summed E-state index contributed by atoms with van der Waals surface area (Å²) in [5.41, 5.74) is 4.04. The van der Waals surface area contributed by atoms with Crippen LogP contribution in [-0.2, 0) is 4.74 Å². The number of carbonyl (C=O) groups excluding carboxylic acids is 1. The molecule has 1 aliphatic heterocycles. The number of ether oxygens (including phenoxy) is 1. The molecular weight excluding hydrogens is 412 g/mol. The van der Waals surface area contributed by atoms with E-state index in [0.29, 0.717) is 11.5 Å². The second-order valence-electron chi connectivity index (χ2n) is 8.33. The first-order chi connectivity index (χ1) is 16.1. The molecule has 2 aromatic carbocycles. The Morgan fingerprint density at radius 1 is 1.09 bits per heavy atom. The fourth-order valence-corrected chi connectivity index (χ4v) is 3.81. The van der Waals surface area contributed by atoms with Gasteiger partial charge < -0.3 is 10.1 Å². The van der Waals surface area contributed by atoms with Crippen LogP contribution >= 0.6 is 0 Å². The van der Waals surface area contributed by atoms with Gasteiger partial charge in [-0.15, -0.1) is 6.42 Å². The highest BCUT2D eigenvalue weighted by atomic mass is 16.6. The summed E-state index contributed by atoms with van der Waals surface area (Å²) in [6.45, 7) is 2.68. The molecule has 6 rings (SSSR count). The first-order valence-corrected chi connectivity index (χ1v) is 11.0. The summed E-state index contributed by atoms with van der Waals surface area (Å²) in [7, 11) is 0. The molecule has 0 spiro atoms. The number of anilines is 1. The van der Waals surface area contributed by atoms with Crippen molar-refractivity contribution in [3.63, 3.8) is 0 Å². The molecule has 6 nitrogen and oxygen atoms in total. The van der Waals surface area contributed by atoms with E-state index in [9.17, 15) is 4.79 Å². The number of nitrogens with one attached hydrogen (secondary N) is 1. The van der Waals surface area contributed by atoms with Crippen LogP contribution in [0.25, 0.3) is 16.9 Å². The number of aromatic nitrogens is 3. The number of carbonyl (C=O) groups is 1. The maximum absolute atomic E-state index is 12.3. The quantitative estimate of drug-likeness (QED) is 0.370. The van der Waals surface area contributed by atoms with Crippen LogP contribution in [0.4, 0.5) is 5.69 Å². The number of epoxide rings is 1. The molecule has 1 amide bonds. The number of rotatable bonds is 4. The lowest BCUT2D eigenvalue weighted by atomic mass is 10.1. The van der Waals surface area contributed by atoms with Gasteiger partial charge in [0.05, 0.1) is 12.3 Å². The van der Waals surface area contributed by atoms with E-state index in [-0.39, 0.29) is 11.5 Å². The minimum Gasteiger partial charge on any atom is -0.356 e. The molecule has 33 heavy (non-hydrogen) atoms. The minimum absolute atomic E-state index is 0.0694. The number of nitrogens with zero attached hydrogens (tertiary/aromatic N) is 3. The lowest BCUT2D eigenvalue weighted by Crippen LogP contribution is -2.11. The Labute approximate surface area is 192 Å². The van der Waals surface area contributed by atoms with Crippen LogP contribution in [0.2, 0.25) is 0 Å². The van der Waals surface area contributed by atoms with Gasteiger partial charge in [-0.05, 0) is 56.2 Å². The summed E-state index contributed by atoms with van der Waals surface area (Å²) in [4.78, 5) is 16.7. The predicted octanol–water partition coefficient (Wildman–Crippen LogP) is 4.76. The molecular formula is C27H24N4O2. The zero-order valence-electron chi connectivity index (χ0n) is 18.4. The fraction of sp³-hybridized carbons (Fsp3) is 0.222. The van der Waals surface area contributed by atoms with E-state index in [1.807, 2.05) is 84.2 Å². The summed E-state index contributed by atoms with van der Waals surface area (Å²) in [6.07, 6.45) is 7.80. The molecule has 1 unspecified atom stereocenters. The highest BCUT2D eigenvalue weighted by Crippen LogP contribution is 2.48. The highest BCUT2D eigenvalue weighted by molar-refractivity contribution is 6.04. The predicted molar refractivity (Wildman–Crippen MR) is 128 cm³/mol. The SMILES string of the molecule is C#CC1(C2CC2)CO1.Cc1nc2cccc(-c3ccc(C(=O)Nc4ccccc4)cc3)n2n1. The van der Waals surface area contributed by atoms with Crippen molar-refractivity contribution in [2.45, 2.75) is 25.4 Å². The normalized spacial score (nSPS) is 18.7. The Bertz CT molecular complexity index is 1330. The van der Waals surface area contributed by atoms with Crippen LogP contribution < -0.4 is 5.32 Å². The molecule has 0 bridgehead atoms. The number of amides is 1. The van der Waals surface area contributed by atoms with Gasteiger partial charge in [0.15, 0.2) is 11.2 Å². The second kappa shape index (κ2) is 8.53. The molecule has 2 aromatic heterocycles. The van der Waals surface area contributed by atoms with Crippen molar-refractivity contribution >= 4 is 17.2 Å². The molecule has 6 heteroatoms. The fourth-order valence-electron chi connectivity index (χ4n) is 3.81. The Kier molecular flexibility index (Phi) is 5.41. The third-order valence-electron chi connectivity index (χ3n) is 5.88. The van der Waals surface area contributed by atoms with Gasteiger partial charge in [0.25, 0.3) is 5.91 Å². The number of pyridine rings is 1. The Morgan fingerprint density at radius 2 is 1.82 bits per heavy atom. The Balaban J connectivity index is 0.000000238. The maximum Gasteiger partial charge on any atom is 0.255 e. The van der Waals surface area contributed by atoms with Crippen LogP contribution in [0.15, 0.2) is 72.8 Å². The van der Waals surface area contributed by atoms with Crippen molar-refractivity contribution in [2.24, 2.45) is 5.92 Å². The molecule has 1 saturated carbocycles. The number of aryl methyl sites for hydroxylation is 1. The van der Waals surface area contributed by atoms with E-state index >= 15 is 0 Å². The number of hydrogen-bond donors (Lipinski definition) is 1. The van der Waals surface area contributed by atoms with Gasteiger partial charge in [-0.25, -0.2) is 9.50 Å². The number of fused-ring (bicyclic) bond motifs is 1. The van der Waals surface area contributed by atoms with Gasteiger partial charge in [-0.1, -0.05) is 42.3 Å². The van der Waals surface area contributed by atoms with Crippen LogP contribution in [0.3, 0.4) is 0 Å². The van der Waals surface area contributed by atoms with E-state index in [1.54, 1.807) is 0 Å². The number of terminal acetylenes is 1. The topological polar surface area (TPSA) is 71.8 Å². The van der Waals surface area contributed by atoms with E-state index in [0.717, 1.165) is 35.0 Å². The first kappa shape index (κ1) is 20.9. The Morgan fingerprint density at radius 3 is 2.42 bits per heavy atom. The molecule has 0 radical (unpaired) electrons. The van der Waals surface area contributed by atoms with Gasteiger partial charge in [0, 0.05) is 22.7 Å². The van der Waals surface area contributed by atoms with Crippen molar-refractivity contribution in [1.29, 1.82) is 0 Å². The summed E-state index contributed by atoms with van der Waals surface area (Å²) in [6, 6.07) is 22.7. The van der Waals surface area contributed by atoms with Crippen LogP contribution in [0.5, 0.6) is 0 Å². The van der Waals surface area contributed by atoms with Crippen molar-refractivity contribution in [3.05, 3.63) is 84.2 Å². The molecule has 4 aromatic rings. The molecule has 3 heterocycles. The van der Waals surface area contributed by atoms with Crippen molar-refractivity contribution in [1.82, 2.24) is 14.6 Å². The van der Waals surface area contributed by atoms with E-state index in [2.05, 4.69) is 21.3 Å². The molecule has 1 saturated heterocycles. The van der Waals surface area contributed by atoms with Crippen LogP contribution in [-0.4, -0.2) is 32.7 Å². The van der Waals surface area contributed by atoms with E-state index in [1.165, 1.54) is 12.8 Å². The van der Waals surface area contributed by atoms with Gasteiger partial charge in [-0.3, -0.25) is 4.79 Å². The molecule has 2 fully saturated rings. The zero-order chi connectivity index (χ0) is 22.8. The monoisotopic (exact) mass is 436 g/mol. The minimum atomic E-state index is -0.132. The zero-order valence-corrected chi connectivity index (χ0v) is 18.4. The standard InChI is InChI=1S/C20H16N4O.C7H8O/c1-14-21-19-9-5-8-18(24(19)23-14)15-10-12-16(13-11-15)20(25)22-17-6-3-2-4-7-17;1-2-7(5-8-7)6-3-4-6/h2-13H,1H3,(H,22,25);1,6H,3-5H2. The molecule has 2 aliphatic rings. The van der Waals surface area contributed by atoms with E-state index < -0.39 is 0 Å². The number of hydrogen-bond acceptors (Lipinski definition) is 4. The van der Waals surface area contributed by atoms with Gasteiger partial charge >= 0.3 is 0 Å². The van der Waals surface area contributed by atoms with Gasteiger partial charge in [0.2, 0.25) is 0 Å². The average molecular weight is 437 g/mol. The first-order valence-electron chi connectivity index (χ1n) is 11.0. The van der Waals surface area contributed by atoms with Gasteiger partial charge in [-0.2, -0.15) is 5.10 Å². The van der Waals surface area contributed by atoms with Crippen LogP contribution in [0.1, 0.15) is 29.0 Å². The van der Waals surface area contributed by atoms with Crippen molar-refractivity contribution < 1.29 is 9.53 Å². The lowest BCUT2D eigenvalue weighted by Gasteiger charge is -2.07. The largest absolute Gasteiger partial charge is 0.356 e. The molecule has 164 valence electrons. The van der Waals surface area contributed by atoms with E-state index in [4.69, 9.17) is 11.2 Å². The number of para-hydroxylation sites is 1. The molecule has 1 N–H and O–H groups in total. The smallest absolute Gasteiger partial charge is 0.255 e. The lowest BCUT2D eigenvalue weighted by molar-refractivity contribution is 0.102. The van der Waals surface area contributed by atoms with Crippen molar-refractivity contribution in [2.75, 3.05) is 11.9 Å². The highest BCUT2D eigenvalue weighted by Gasteiger charge is 2.54. The second-order valence-corrected chi connectivity index (χ2v) is 8.33. The molecule has 1 atom stereocenters. The summed E-state index contributed by atoms with van der Waals surface area (Å²) < 4.78 is 6.95. The third-order valence-corrected chi connectivity index (χ3v) is 5.88. The number of benzene rings is 2. The Hall–Kier alpha value is -3.95.